The van der Waals surface area contributed by atoms with Gasteiger partial charge in [0.15, 0.2) is 0 Å². The Morgan fingerprint density at radius 1 is 1.07 bits per heavy atom. The number of nitrogens with one attached hydrogen (secondary N) is 1. The highest BCUT2D eigenvalue weighted by Crippen LogP contribution is 2.36. The fourth-order valence-corrected chi connectivity index (χ4v) is 4.20. The maximum Gasteiger partial charge on any atom is 0.252 e. The Kier molecular flexibility index (Phi) is 5.51. The first kappa shape index (κ1) is 19.6. The number of thiophene rings is 1. The fraction of sp³-hybridized carbons (Fsp3) is 0.182. The Hall–Kier alpha value is -3.12. The number of carbonyl (C=O) groups is 1. The van der Waals surface area contributed by atoms with Crippen molar-refractivity contribution in [3.63, 3.8) is 0 Å². The molecule has 2 aromatic heterocycles. The molecule has 2 heterocycles. The summed E-state index contributed by atoms with van der Waals surface area (Å²) in [6.07, 6.45) is 1.72. The Morgan fingerprint density at radius 2 is 1.86 bits per heavy atom. The van der Waals surface area contributed by atoms with Crippen LogP contribution in [0.1, 0.15) is 22.7 Å². The minimum absolute atomic E-state index is 0. The lowest BCUT2D eigenvalue weighted by Gasteiger charge is -2.10. The van der Waals surface area contributed by atoms with Crippen LogP contribution in [0.4, 0.5) is 0 Å². The number of nitrogens with zero attached hydrogens (tertiary/aromatic N) is 1. The van der Waals surface area contributed by atoms with Crippen LogP contribution in [0.5, 0.6) is 17.2 Å². The zero-order valence-corrected chi connectivity index (χ0v) is 16.0. The van der Waals surface area contributed by atoms with Gasteiger partial charge in [-0.25, -0.2) is 0 Å². The van der Waals surface area contributed by atoms with Gasteiger partial charge in [0.1, 0.15) is 17.2 Å². The molecule has 4 rings (SSSR count). The number of amides is 1. The van der Waals surface area contributed by atoms with Crippen molar-refractivity contribution < 1.29 is 14.3 Å². The van der Waals surface area contributed by atoms with Gasteiger partial charge in [-0.3, -0.25) is 9.78 Å². The van der Waals surface area contributed by atoms with E-state index < -0.39 is 0 Å². The molecule has 0 aliphatic heterocycles. The van der Waals surface area contributed by atoms with E-state index in [9.17, 15) is 4.79 Å². The number of ether oxygens (including phenoxy) is 2. The molecule has 0 saturated heterocycles. The highest BCUT2D eigenvalue weighted by molar-refractivity contribution is 7.19. The second-order valence-corrected chi connectivity index (χ2v) is 7.32. The third-order valence-corrected chi connectivity index (χ3v) is 5.50. The van der Waals surface area contributed by atoms with Crippen molar-refractivity contribution in [1.29, 1.82) is 0 Å². The van der Waals surface area contributed by atoms with Crippen molar-refractivity contribution in [3.05, 3.63) is 59.1 Å². The molecule has 0 bridgehead atoms. The van der Waals surface area contributed by atoms with Gasteiger partial charge in [-0.15, -0.1) is 11.3 Å². The molecule has 0 spiro atoms. The molecule has 4 aromatic rings. The highest BCUT2D eigenvalue weighted by atomic mass is 32.1. The highest BCUT2D eigenvalue weighted by Gasteiger charge is 2.16. The van der Waals surface area contributed by atoms with E-state index >= 15 is 0 Å². The predicted molar refractivity (Wildman–Crippen MR) is 115 cm³/mol. The maximum absolute atomic E-state index is 12.1. The summed E-state index contributed by atoms with van der Waals surface area (Å²) < 4.78 is 12.5. The van der Waals surface area contributed by atoms with E-state index in [-0.39, 0.29) is 13.3 Å². The van der Waals surface area contributed by atoms with Crippen LogP contribution in [-0.2, 0) is 0 Å². The topological polar surface area (TPSA) is 60.5 Å². The normalized spacial score (nSPS) is 10.5. The van der Waals surface area contributed by atoms with Crippen LogP contribution in [0.25, 0.3) is 21.0 Å². The van der Waals surface area contributed by atoms with Crippen LogP contribution in [0, 0.1) is 6.92 Å². The zero-order chi connectivity index (χ0) is 19.0. The molecular formula is C22H22N2O3S. The molecule has 28 heavy (non-hydrogen) atoms. The van der Waals surface area contributed by atoms with E-state index in [1.165, 1.54) is 0 Å². The lowest BCUT2D eigenvalue weighted by molar-refractivity contribution is 0.0964. The Bertz CT molecular complexity index is 1170. The first-order chi connectivity index (χ1) is 13.1. The summed E-state index contributed by atoms with van der Waals surface area (Å²) in [6.45, 7) is 1.96. The van der Waals surface area contributed by atoms with Crippen LogP contribution in [-0.4, -0.2) is 25.0 Å². The van der Waals surface area contributed by atoms with E-state index in [1.807, 2.05) is 49.4 Å². The van der Waals surface area contributed by atoms with Gasteiger partial charge in [-0.1, -0.05) is 7.43 Å². The number of fused-ring (bicyclic) bond motifs is 2. The number of pyridine rings is 1. The first-order valence-electron chi connectivity index (χ1n) is 8.46. The Balaban J connectivity index is 0.00000225. The summed E-state index contributed by atoms with van der Waals surface area (Å²) in [5.74, 6) is 2.10. The SMILES string of the molecule is C.CNC(=O)c1c(C)sc2cc(Oc3ccnc4ccc(OC)cc34)ccc12. The van der Waals surface area contributed by atoms with Gasteiger partial charge in [0, 0.05) is 33.6 Å². The molecule has 0 aliphatic rings. The van der Waals surface area contributed by atoms with E-state index in [0.29, 0.717) is 11.5 Å². The molecule has 0 fully saturated rings. The van der Waals surface area contributed by atoms with Crippen molar-refractivity contribution in [2.24, 2.45) is 0 Å². The van der Waals surface area contributed by atoms with Gasteiger partial charge in [-0.05, 0) is 49.4 Å². The number of aryl methyl sites for hydroxylation is 1. The van der Waals surface area contributed by atoms with Crippen LogP contribution in [0.2, 0.25) is 0 Å². The van der Waals surface area contributed by atoms with Crippen LogP contribution in [0.15, 0.2) is 48.7 Å². The van der Waals surface area contributed by atoms with Crippen molar-refractivity contribution >= 4 is 38.2 Å². The van der Waals surface area contributed by atoms with Crippen molar-refractivity contribution in [1.82, 2.24) is 10.3 Å². The molecule has 0 unspecified atom stereocenters. The molecule has 6 heteroatoms. The zero-order valence-electron chi connectivity index (χ0n) is 15.2. The number of benzene rings is 2. The van der Waals surface area contributed by atoms with E-state index in [4.69, 9.17) is 9.47 Å². The predicted octanol–water partition coefficient (Wildman–Crippen LogP) is 5.55. The van der Waals surface area contributed by atoms with Crippen molar-refractivity contribution in [3.8, 4) is 17.2 Å². The first-order valence-corrected chi connectivity index (χ1v) is 9.28. The quantitative estimate of drug-likeness (QED) is 0.493. The van der Waals surface area contributed by atoms with Gasteiger partial charge >= 0.3 is 0 Å². The molecule has 5 nitrogen and oxygen atoms in total. The maximum atomic E-state index is 12.1. The molecular weight excluding hydrogens is 372 g/mol. The summed E-state index contributed by atoms with van der Waals surface area (Å²) in [5, 5.41) is 4.52. The standard InChI is InChI=1S/C21H18N2O3S.CH4/c1-12-20(21(24)22-2)15-6-4-14(11-19(15)27-12)26-18-8-9-23-17-7-5-13(25-3)10-16(17)18;/h4-11H,1-3H3,(H,22,24);1H4. The average molecular weight is 394 g/mol. The van der Waals surface area contributed by atoms with Crippen molar-refractivity contribution in [2.45, 2.75) is 14.4 Å². The van der Waals surface area contributed by atoms with Crippen LogP contribution < -0.4 is 14.8 Å². The van der Waals surface area contributed by atoms with E-state index in [2.05, 4.69) is 10.3 Å². The average Bonchev–Trinajstić information content (AvgIpc) is 3.02. The van der Waals surface area contributed by atoms with Crippen LogP contribution in [0.3, 0.4) is 0 Å². The molecule has 1 N–H and O–H groups in total. The second-order valence-electron chi connectivity index (χ2n) is 6.06. The fourth-order valence-electron chi connectivity index (χ4n) is 3.11. The minimum atomic E-state index is -0.0698. The summed E-state index contributed by atoms with van der Waals surface area (Å²) in [5.41, 5.74) is 1.56. The smallest absolute Gasteiger partial charge is 0.252 e. The van der Waals surface area contributed by atoms with E-state index in [1.54, 1.807) is 31.7 Å². The van der Waals surface area contributed by atoms with Gasteiger partial charge in [0.25, 0.3) is 5.91 Å². The monoisotopic (exact) mass is 394 g/mol. The number of hydrogen-bond acceptors (Lipinski definition) is 5. The summed E-state index contributed by atoms with van der Waals surface area (Å²) >= 11 is 1.58. The van der Waals surface area contributed by atoms with Gasteiger partial charge in [-0.2, -0.15) is 0 Å². The van der Waals surface area contributed by atoms with Gasteiger partial charge in [0.05, 0.1) is 18.2 Å². The molecule has 0 aliphatic carbocycles. The Morgan fingerprint density at radius 3 is 2.61 bits per heavy atom. The minimum Gasteiger partial charge on any atom is -0.497 e. The molecule has 1 amide bonds. The molecule has 0 atom stereocenters. The van der Waals surface area contributed by atoms with Crippen molar-refractivity contribution in [2.75, 3.05) is 14.2 Å². The lowest BCUT2D eigenvalue weighted by atomic mass is 10.1. The Labute approximate surface area is 167 Å². The number of rotatable bonds is 4. The van der Waals surface area contributed by atoms with Gasteiger partial charge in [0.2, 0.25) is 0 Å². The van der Waals surface area contributed by atoms with Gasteiger partial charge < -0.3 is 14.8 Å². The largest absolute Gasteiger partial charge is 0.497 e. The number of carbonyl (C=O) groups excluding carboxylic acids is 1. The molecule has 0 radical (unpaired) electrons. The summed E-state index contributed by atoms with van der Waals surface area (Å²) in [6, 6.07) is 13.3. The lowest BCUT2D eigenvalue weighted by Crippen LogP contribution is -2.18. The molecule has 144 valence electrons. The molecule has 2 aromatic carbocycles. The van der Waals surface area contributed by atoms with Crippen LogP contribution >= 0.6 is 11.3 Å². The number of aromatic nitrogens is 1. The third-order valence-electron chi connectivity index (χ3n) is 4.43. The number of methoxy groups -OCH3 is 1. The third kappa shape index (κ3) is 3.39. The summed E-state index contributed by atoms with van der Waals surface area (Å²) in [4.78, 5) is 17.5. The molecule has 0 saturated carbocycles. The van der Waals surface area contributed by atoms with E-state index in [0.717, 1.165) is 37.2 Å². The summed E-state index contributed by atoms with van der Waals surface area (Å²) in [7, 11) is 3.28. The number of hydrogen-bond donors (Lipinski definition) is 1. The second kappa shape index (κ2) is 7.86.